The van der Waals surface area contributed by atoms with Crippen LogP contribution in [0.1, 0.15) is 6.92 Å². The number of aliphatic imine (C=N–C) groups is 1. The smallest absolute Gasteiger partial charge is 0.164 e. The first kappa shape index (κ1) is 14.7. The number of fused-ring (bicyclic) bond motifs is 1. The molecule has 0 aromatic heterocycles. The standard InChI is InChI=1S/C14H18N2O3S2/c1-3-20-14-15-10-8-21(17,18)9-12(10)16(14)11-6-4-5-7-13(11)19-2/h4-7,10,12H,3,8-9H2,1-2H3/t10-,12+/m1/s1. The van der Waals surface area contributed by atoms with Gasteiger partial charge >= 0.3 is 0 Å². The van der Waals surface area contributed by atoms with E-state index in [1.54, 1.807) is 18.9 Å². The highest BCUT2D eigenvalue weighted by Crippen LogP contribution is 2.39. The first-order valence-corrected chi connectivity index (χ1v) is 9.69. The fourth-order valence-electron chi connectivity index (χ4n) is 2.87. The molecule has 7 heteroatoms. The third-order valence-electron chi connectivity index (χ3n) is 3.73. The Morgan fingerprint density at radius 3 is 2.86 bits per heavy atom. The van der Waals surface area contributed by atoms with Crippen LogP contribution in [0.25, 0.3) is 0 Å². The van der Waals surface area contributed by atoms with Gasteiger partial charge in [-0.25, -0.2) is 8.42 Å². The van der Waals surface area contributed by atoms with Crippen LogP contribution in [0.3, 0.4) is 0 Å². The van der Waals surface area contributed by atoms with Crippen LogP contribution in [0.4, 0.5) is 5.69 Å². The highest BCUT2D eigenvalue weighted by Gasteiger charge is 2.47. The lowest BCUT2D eigenvalue weighted by molar-refractivity contribution is 0.415. The number of thioether (sulfide) groups is 1. The van der Waals surface area contributed by atoms with Crippen molar-refractivity contribution in [2.75, 3.05) is 29.3 Å². The Morgan fingerprint density at radius 1 is 1.38 bits per heavy atom. The van der Waals surface area contributed by atoms with E-state index in [-0.39, 0.29) is 23.6 Å². The molecular weight excluding hydrogens is 308 g/mol. The van der Waals surface area contributed by atoms with Gasteiger partial charge in [-0.2, -0.15) is 0 Å². The van der Waals surface area contributed by atoms with Crippen molar-refractivity contribution in [2.45, 2.75) is 19.0 Å². The van der Waals surface area contributed by atoms with Crippen LogP contribution in [0.5, 0.6) is 5.75 Å². The van der Waals surface area contributed by atoms with Crippen LogP contribution in [-0.2, 0) is 9.84 Å². The van der Waals surface area contributed by atoms with Gasteiger partial charge in [-0.05, 0) is 17.9 Å². The monoisotopic (exact) mass is 326 g/mol. The molecule has 2 heterocycles. The lowest BCUT2D eigenvalue weighted by Gasteiger charge is -2.27. The van der Waals surface area contributed by atoms with Crippen LogP contribution in [0, 0.1) is 0 Å². The summed E-state index contributed by atoms with van der Waals surface area (Å²) in [4.78, 5) is 6.68. The molecule has 1 aromatic rings. The molecule has 0 aliphatic carbocycles. The number of hydrogen-bond acceptors (Lipinski definition) is 6. The van der Waals surface area contributed by atoms with Gasteiger partial charge in [0.2, 0.25) is 0 Å². The molecule has 2 aliphatic rings. The molecule has 0 unspecified atom stereocenters. The molecule has 0 N–H and O–H groups in total. The van der Waals surface area contributed by atoms with Crippen LogP contribution >= 0.6 is 11.8 Å². The molecule has 21 heavy (non-hydrogen) atoms. The summed E-state index contributed by atoms with van der Waals surface area (Å²) in [6, 6.07) is 7.42. The maximum absolute atomic E-state index is 11.9. The van der Waals surface area contributed by atoms with Crippen LogP contribution < -0.4 is 9.64 Å². The highest BCUT2D eigenvalue weighted by atomic mass is 32.2. The van der Waals surface area contributed by atoms with Crippen molar-refractivity contribution in [2.24, 2.45) is 4.99 Å². The summed E-state index contributed by atoms with van der Waals surface area (Å²) in [5.41, 5.74) is 0.893. The topological polar surface area (TPSA) is 59.0 Å². The van der Waals surface area contributed by atoms with Crippen molar-refractivity contribution in [1.82, 2.24) is 0 Å². The van der Waals surface area contributed by atoms with E-state index in [1.807, 2.05) is 29.2 Å². The molecule has 1 aromatic carbocycles. The number of anilines is 1. The predicted octanol–water partition coefficient (Wildman–Crippen LogP) is 1.79. The number of rotatable bonds is 3. The second-order valence-corrected chi connectivity index (χ2v) is 8.48. The summed E-state index contributed by atoms with van der Waals surface area (Å²) >= 11 is 1.64. The van der Waals surface area contributed by atoms with Gasteiger partial charge in [0, 0.05) is 0 Å². The Hall–Kier alpha value is -1.21. The average molecular weight is 326 g/mol. The molecule has 0 amide bonds. The van der Waals surface area contributed by atoms with Gasteiger partial charge < -0.3 is 9.64 Å². The Bertz CT molecular complexity index is 673. The zero-order valence-electron chi connectivity index (χ0n) is 12.0. The number of para-hydroxylation sites is 2. The molecule has 0 spiro atoms. The maximum Gasteiger partial charge on any atom is 0.164 e. The zero-order valence-corrected chi connectivity index (χ0v) is 13.7. The van der Waals surface area contributed by atoms with Gasteiger partial charge in [0.15, 0.2) is 15.0 Å². The van der Waals surface area contributed by atoms with E-state index in [2.05, 4.69) is 11.9 Å². The lowest BCUT2D eigenvalue weighted by Crippen LogP contribution is -2.39. The van der Waals surface area contributed by atoms with Crippen molar-refractivity contribution < 1.29 is 13.2 Å². The summed E-state index contributed by atoms with van der Waals surface area (Å²) in [6.07, 6.45) is 0. The molecule has 5 nitrogen and oxygen atoms in total. The van der Waals surface area contributed by atoms with Crippen molar-refractivity contribution >= 4 is 32.5 Å². The van der Waals surface area contributed by atoms with Gasteiger partial charge in [-0.15, -0.1) is 0 Å². The van der Waals surface area contributed by atoms with Gasteiger partial charge in [-0.3, -0.25) is 4.99 Å². The minimum Gasteiger partial charge on any atom is -0.495 e. The minimum absolute atomic E-state index is 0.111. The lowest BCUT2D eigenvalue weighted by atomic mass is 10.1. The number of hydrogen-bond donors (Lipinski definition) is 0. The highest BCUT2D eigenvalue weighted by molar-refractivity contribution is 8.14. The summed E-state index contributed by atoms with van der Waals surface area (Å²) in [5, 5.41) is 0.895. The summed E-state index contributed by atoms with van der Waals surface area (Å²) < 4.78 is 29.2. The molecule has 2 atom stereocenters. The van der Waals surface area contributed by atoms with Crippen LogP contribution in [-0.4, -0.2) is 50.0 Å². The quantitative estimate of drug-likeness (QED) is 0.847. The van der Waals surface area contributed by atoms with Gasteiger partial charge in [0.05, 0.1) is 36.4 Å². The van der Waals surface area contributed by atoms with Crippen molar-refractivity contribution in [3.05, 3.63) is 24.3 Å². The first-order valence-electron chi connectivity index (χ1n) is 6.89. The van der Waals surface area contributed by atoms with Crippen molar-refractivity contribution in [3.63, 3.8) is 0 Å². The third-order valence-corrected chi connectivity index (χ3v) is 6.27. The molecule has 0 bridgehead atoms. The van der Waals surface area contributed by atoms with E-state index in [1.165, 1.54) is 0 Å². The normalized spacial score (nSPS) is 26.6. The predicted molar refractivity (Wildman–Crippen MR) is 87.3 cm³/mol. The Labute approximate surface area is 129 Å². The molecule has 1 fully saturated rings. The summed E-state index contributed by atoms with van der Waals surface area (Å²) in [5.74, 6) is 1.95. The van der Waals surface area contributed by atoms with Gasteiger partial charge in [-0.1, -0.05) is 30.8 Å². The maximum atomic E-state index is 11.9. The Balaban J connectivity index is 2.03. The Kier molecular flexibility index (Phi) is 3.88. The van der Waals surface area contributed by atoms with Crippen LogP contribution in [0.15, 0.2) is 29.3 Å². The number of benzene rings is 1. The van der Waals surface area contributed by atoms with Gasteiger partial charge in [0.1, 0.15) is 5.75 Å². The number of ether oxygens (including phenoxy) is 1. The molecule has 0 radical (unpaired) electrons. The zero-order chi connectivity index (χ0) is 15.0. The van der Waals surface area contributed by atoms with Gasteiger partial charge in [0.25, 0.3) is 0 Å². The number of sulfone groups is 1. The fourth-order valence-corrected chi connectivity index (χ4v) is 5.56. The molecule has 3 rings (SSSR count). The summed E-state index contributed by atoms with van der Waals surface area (Å²) in [7, 11) is -1.38. The first-order chi connectivity index (χ1) is 10.1. The molecular formula is C14H18N2O3S2. The fraction of sp³-hybridized carbons (Fsp3) is 0.500. The second kappa shape index (κ2) is 5.53. The largest absolute Gasteiger partial charge is 0.495 e. The van der Waals surface area contributed by atoms with Crippen LogP contribution in [0.2, 0.25) is 0 Å². The number of amidine groups is 1. The van der Waals surface area contributed by atoms with E-state index in [0.717, 1.165) is 22.4 Å². The SMILES string of the molecule is CCSC1=N[C@@H]2CS(=O)(=O)C[C@@H]2N1c1ccccc1OC. The molecule has 0 saturated carbocycles. The number of nitrogens with zero attached hydrogens (tertiary/aromatic N) is 2. The van der Waals surface area contributed by atoms with E-state index in [9.17, 15) is 8.42 Å². The molecule has 1 saturated heterocycles. The molecule has 114 valence electrons. The Morgan fingerprint density at radius 2 is 2.14 bits per heavy atom. The summed E-state index contributed by atoms with van der Waals surface area (Å²) in [6.45, 7) is 2.07. The average Bonchev–Trinajstić information content (AvgIpc) is 2.90. The second-order valence-electron chi connectivity index (χ2n) is 5.10. The number of methoxy groups -OCH3 is 1. The van der Waals surface area contributed by atoms with E-state index in [4.69, 9.17) is 4.74 Å². The van der Waals surface area contributed by atoms with E-state index < -0.39 is 9.84 Å². The van der Waals surface area contributed by atoms with E-state index >= 15 is 0 Å². The van der Waals surface area contributed by atoms with Crippen molar-refractivity contribution in [3.8, 4) is 5.75 Å². The molecule has 2 aliphatic heterocycles. The van der Waals surface area contributed by atoms with E-state index in [0.29, 0.717) is 0 Å². The van der Waals surface area contributed by atoms with Crippen molar-refractivity contribution in [1.29, 1.82) is 0 Å². The minimum atomic E-state index is -3.00. The third kappa shape index (κ3) is 2.64.